The van der Waals surface area contributed by atoms with Crippen molar-refractivity contribution in [1.82, 2.24) is 20.0 Å². The lowest BCUT2D eigenvalue weighted by Gasteiger charge is -2.36. The first-order chi connectivity index (χ1) is 17.2. The summed E-state index contributed by atoms with van der Waals surface area (Å²) in [4.78, 5) is 39.1. The van der Waals surface area contributed by atoms with E-state index in [0.29, 0.717) is 49.5 Å². The van der Waals surface area contributed by atoms with Gasteiger partial charge in [0.05, 0.1) is 17.9 Å². The van der Waals surface area contributed by atoms with Crippen LogP contribution in [0.5, 0.6) is 0 Å². The van der Waals surface area contributed by atoms with Gasteiger partial charge in [0.1, 0.15) is 5.69 Å². The van der Waals surface area contributed by atoms with Crippen molar-refractivity contribution in [3.63, 3.8) is 0 Å². The van der Waals surface area contributed by atoms with Crippen LogP contribution in [0.3, 0.4) is 0 Å². The van der Waals surface area contributed by atoms with Crippen LogP contribution in [0.25, 0.3) is 0 Å². The van der Waals surface area contributed by atoms with E-state index < -0.39 is 5.97 Å². The summed E-state index contributed by atoms with van der Waals surface area (Å²) < 4.78 is 13.0. The van der Waals surface area contributed by atoms with Crippen LogP contribution in [0.15, 0.2) is 24.3 Å². The molecule has 194 valence electrons. The van der Waals surface area contributed by atoms with Gasteiger partial charge >= 0.3 is 5.97 Å². The molecule has 0 aliphatic carbocycles. The lowest BCUT2D eigenvalue weighted by molar-refractivity contribution is 0.0160. The van der Waals surface area contributed by atoms with Gasteiger partial charge in [-0.05, 0) is 68.2 Å². The zero-order valence-corrected chi connectivity index (χ0v) is 21.6. The van der Waals surface area contributed by atoms with E-state index in [2.05, 4.69) is 5.32 Å². The highest BCUT2D eigenvalue weighted by atomic mass is 16.5. The molecule has 1 spiro atoms. The van der Waals surface area contributed by atoms with Gasteiger partial charge in [-0.2, -0.15) is 5.10 Å². The molecule has 2 aromatic rings. The van der Waals surface area contributed by atoms with Crippen LogP contribution in [0.2, 0.25) is 0 Å². The van der Waals surface area contributed by atoms with E-state index in [1.165, 1.54) is 4.90 Å². The number of rotatable bonds is 7. The van der Waals surface area contributed by atoms with Crippen LogP contribution >= 0.6 is 0 Å². The Hall–Kier alpha value is -3.20. The van der Waals surface area contributed by atoms with Gasteiger partial charge in [0.15, 0.2) is 0 Å². The summed E-state index contributed by atoms with van der Waals surface area (Å²) in [5.41, 5.74) is 3.50. The van der Waals surface area contributed by atoms with Crippen molar-refractivity contribution in [1.29, 1.82) is 0 Å². The highest BCUT2D eigenvalue weighted by Gasteiger charge is 2.39. The van der Waals surface area contributed by atoms with Gasteiger partial charge in [-0.25, -0.2) is 4.79 Å². The number of ether oxygens (including phenoxy) is 2. The number of carbonyl (C=O) groups is 3. The Balaban J connectivity index is 1.44. The second-order valence-electron chi connectivity index (χ2n) is 10.2. The van der Waals surface area contributed by atoms with Crippen molar-refractivity contribution in [2.24, 2.45) is 11.3 Å². The minimum atomic E-state index is -0.427. The monoisotopic (exact) mass is 496 g/mol. The third kappa shape index (κ3) is 5.46. The minimum absolute atomic E-state index is 0.00858. The van der Waals surface area contributed by atoms with E-state index in [1.54, 1.807) is 43.0 Å². The van der Waals surface area contributed by atoms with Crippen molar-refractivity contribution in [3.8, 4) is 0 Å². The number of esters is 1. The molecule has 0 radical (unpaired) electrons. The maximum Gasteiger partial charge on any atom is 0.338 e. The van der Waals surface area contributed by atoms with E-state index >= 15 is 0 Å². The van der Waals surface area contributed by atoms with E-state index in [-0.39, 0.29) is 29.8 Å². The molecule has 0 saturated carbocycles. The normalized spacial score (nSPS) is 17.6. The molecular weight excluding hydrogens is 460 g/mol. The van der Waals surface area contributed by atoms with Gasteiger partial charge in [-0.1, -0.05) is 6.92 Å². The number of hydrogen-bond acceptors (Lipinski definition) is 6. The number of fused-ring (bicyclic) bond motifs is 1. The van der Waals surface area contributed by atoms with Gasteiger partial charge < -0.3 is 19.7 Å². The fourth-order valence-corrected chi connectivity index (χ4v) is 5.03. The Kier molecular flexibility index (Phi) is 7.78. The summed E-state index contributed by atoms with van der Waals surface area (Å²) in [5.74, 6) is -0.594. The number of aromatic nitrogens is 2. The van der Waals surface area contributed by atoms with Crippen molar-refractivity contribution < 1.29 is 23.9 Å². The number of carbonyl (C=O) groups excluding carboxylic acids is 3. The molecule has 1 N–H and O–H groups in total. The Bertz CT molecular complexity index is 1120. The third-order valence-electron chi connectivity index (χ3n) is 7.19. The summed E-state index contributed by atoms with van der Waals surface area (Å²) in [7, 11) is 3.37. The maximum absolute atomic E-state index is 13.0. The molecule has 9 heteroatoms. The Morgan fingerprint density at radius 3 is 2.50 bits per heavy atom. The summed E-state index contributed by atoms with van der Waals surface area (Å²) in [5, 5.41) is 7.92. The molecule has 1 fully saturated rings. The molecule has 2 aliphatic heterocycles. The standard InChI is InChI=1S/C27H36N4O5/c1-5-31-23-21(15-27(17-28-24(23)32)10-12-35-13-11-27)22(29-31)14-18(2)16-36-26(34)20-8-6-19(7-9-20)25(33)30(3)4/h6-9,18H,5,10-17H2,1-4H3,(H,28,32). The predicted molar refractivity (Wildman–Crippen MR) is 134 cm³/mol. The average Bonchev–Trinajstić information content (AvgIpc) is 3.15. The summed E-state index contributed by atoms with van der Waals surface area (Å²) in [6, 6.07) is 6.48. The highest BCUT2D eigenvalue weighted by molar-refractivity contribution is 5.96. The second kappa shape index (κ2) is 10.8. The topological polar surface area (TPSA) is 103 Å². The third-order valence-corrected chi connectivity index (χ3v) is 7.19. The van der Waals surface area contributed by atoms with Gasteiger partial charge in [-0.15, -0.1) is 0 Å². The average molecular weight is 497 g/mol. The quantitative estimate of drug-likeness (QED) is 0.592. The zero-order chi connectivity index (χ0) is 25.9. The van der Waals surface area contributed by atoms with Crippen molar-refractivity contribution in [2.75, 3.05) is 40.5 Å². The SMILES string of the molecule is CCn1nc(CC(C)COC(=O)c2ccc(C(=O)N(C)C)cc2)c2c1C(=O)NCC1(CCOCC1)C2. The molecule has 1 atom stereocenters. The van der Waals surface area contributed by atoms with Gasteiger partial charge in [0.2, 0.25) is 0 Å². The first-order valence-electron chi connectivity index (χ1n) is 12.7. The van der Waals surface area contributed by atoms with Crippen molar-refractivity contribution in [2.45, 2.75) is 46.1 Å². The molecule has 0 bridgehead atoms. The second-order valence-corrected chi connectivity index (χ2v) is 10.2. The Labute approximate surface area is 212 Å². The molecule has 1 unspecified atom stereocenters. The molecule has 2 amide bonds. The number of nitrogens with zero attached hydrogens (tertiary/aromatic N) is 3. The maximum atomic E-state index is 13.0. The molecule has 36 heavy (non-hydrogen) atoms. The van der Waals surface area contributed by atoms with Crippen LogP contribution < -0.4 is 5.32 Å². The molecule has 9 nitrogen and oxygen atoms in total. The summed E-state index contributed by atoms with van der Waals surface area (Å²) >= 11 is 0. The fourth-order valence-electron chi connectivity index (χ4n) is 5.03. The van der Waals surface area contributed by atoms with Crippen molar-refractivity contribution >= 4 is 17.8 Å². The molecule has 2 aliphatic rings. The minimum Gasteiger partial charge on any atom is -0.462 e. The van der Waals surface area contributed by atoms with Crippen LogP contribution in [0, 0.1) is 11.3 Å². The smallest absolute Gasteiger partial charge is 0.338 e. The van der Waals surface area contributed by atoms with Crippen LogP contribution in [0.4, 0.5) is 0 Å². The lowest BCUT2D eigenvalue weighted by atomic mass is 9.75. The number of aryl methyl sites for hydroxylation is 1. The largest absolute Gasteiger partial charge is 0.462 e. The molecule has 4 rings (SSSR count). The van der Waals surface area contributed by atoms with E-state index in [1.807, 2.05) is 13.8 Å². The molecular formula is C27H36N4O5. The van der Waals surface area contributed by atoms with Crippen LogP contribution in [-0.4, -0.2) is 72.9 Å². The predicted octanol–water partition coefficient (Wildman–Crippen LogP) is 2.72. The lowest BCUT2D eigenvalue weighted by Crippen LogP contribution is -2.40. The van der Waals surface area contributed by atoms with E-state index in [4.69, 9.17) is 14.6 Å². The fraction of sp³-hybridized carbons (Fsp3) is 0.556. The molecule has 1 aromatic carbocycles. The molecule has 3 heterocycles. The van der Waals surface area contributed by atoms with E-state index in [9.17, 15) is 14.4 Å². The van der Waals surface area contributed by atoms with Crippen LogP contribution in [-0.2, 0) is 28.9 Å². The van der Waals surface area contributed by atoms with Gasteiger partial charge in [0.25, 0.3) is 11.8 Å². The number of amides is 2. The van der Waals surface area contributed by atoms with Crippen LogP contribution in [0.1, 0.15) is 69.2 Å². The van der Waals surface area contributed by atoms with Gasteiger partial charge in [0, 0.05) is 51.5 Å². The van der Waals surface area contributed by atoms with Gasteiger partial charge in [-0.3, -0.25) is 14.3 Å². The number of nitrogens with one attached hydrogen (secondary N) is 1. The first kappa shape index (κ1) is 25.9. The molecule has 1 aromatic heterocycles. The summed E-state index contributed by atoms with van der Waals surface area (Å²) in [6.45, 7) is 6.92. The summed E-state index contributed by atoms with van der Waals surface area (Å²) in [6.07, 6.45) is 3.23. The highest BCUT2D eigenvalue weighted by Crippen LogP contribution is 2.38. The number of benzene rings is 1. The first-order valence-corrected chi connectivity index (χ1v) is 12.7. The zero-order valence-electron chi connectivity index (χ0n) is 21.6. The number of hydrogen-bond donors (Lipinski definition) is 1. The van der Waals surface area contributed by atoms with Crippen molar-refractivity contribution in [3.05, 3.63) is 52.3 Å². The Morgan fingerprint density at radius 2 is 1.86 bits per heavy atom. The van der Waals surface area contributed by atoms with E-state index in [0.717, 1.165) is 30.5 Å². The molecule has 1 saturated heterocycles. The Morgan fingerprint density at radius 1 is 1.19 bits per heavy atom.